The zero-order valence-electron chi connectivity index (χ0n) is 10.4. The van der Waals surface area contributed by atoms with Crippen LogP contribution in [0.3, 0.4) is 0 Å². The van der Waals surface area contributed by atoms with Gasteiger partial charge in [0, 0.05) is 15.1 Å². The van der Waals surface area contributed by atoms with Crippen molar-refractivity contribution in [3.05, 3.63) is 59.7 Å². The smallest absolute Gasteiger partial charge is 0.336 e. The van der Waals surface area contributed by atoms with Gasteiger partial charge < -0.3 is 5.11 Å². The topological polar surface area (TPSA) is 37.3 Å². The van der Waals surface area contributed by atoms with Crippen molar-refractivity contribution in [1.82, 2.24) is 0 Å². The van der Waals surface area contributed by atoms with E-state index in [9.17, 15) is 9.90 Å². The Morgan fingerprint density at radius 1 is 1.11 bits per heavy atom. The fourth-order valence-electron chi connectivity index (χ4n) is 2.27. The van der Waals surface area contributed by atoms with Gasteiger partial charge in [-0.3, -0.25) is 0 Å². The fraction of sp³-hybridized carbons (Fsp3) is 0.0625. The van der Waals surface area contributed by atoms with Crippen LogP contribution in [-0.2, 0) is 0 Å². The molecule has 0 bridgehead atoms. The van der Waals surface area contributed by atoms with E-state index in [1.807, 2.05) is 43.3 Å². The number of hydrogen-bond acceptors (Lipinski definition) is 2. The zero-order chi connectivity index (χ0) is 13.4. The van der Waals surface area contributed by atoms with Crippen molar-refractivity contribution in [2.45, 2.75) is 6.92 Å². The average Bonchev–Trinajstić information content (AvgIpc) is 2.81. The third kappa shape index (κ3) is 2.02. The van der Waals surface area contributed by atoms with E-state index in [-0.39, 0.29) is 0 Å². The van der Waals surface area contributed by atoms with Crippen LogP contribution in [0.2, 0.25) is 0 Å². The number of aryl methyl sites for hydroxylation is 1. The molecule has 0 fully saturated rings. The summed E-state index contributed by atoms with van der Waals surface area (Å²) < 4.78 is 1.18. The van der Waals surface area contributed by atoms with Crippen LogP contribution in [0.4, 0.5) is 0 Å². The minimum absolute atomic E-state index is 0.397. The Hall–Kier alpha value is -2.13. The quantitative estimate of drug-likeness (QED) is 0.739. The minimum Gasteiger partial charge on any atom is -0.478 e. The van der Waals surface area contributed by atoms with E-state index in [2.05, 4.69) is 12.1 Å². The highest BCUT2D eigenvalue weighted by molar-refractivity contribution is 7.22. The number of hydrogen-bond donors (Lipinski definition) is 1. The van der Waals surface area contributed by atoms with Gasteiger partial charge >= 0.3 is 5.97 Å². The van der Waals surface area contributed by atoms with Gasteiger partial charge in [-0.25, -0.2) is 4.79 Å². The van der Waals surface area contributed by atoms with Crippen LogP contribution in [0, 0.1) is 6.92 Å². The van der Waals surface area contributed by atoms with Gasteiger partial charge in [-0.1, -0.05) is 36.4 Å². The van der Waals surface area contributed by atoms with Crippen LogP contribution in [0.25, 0.3) is 20.5 Å². The molecular weight excluding hydrogens is 256 g/mol. The van der Waals surface area contributed by atoms with Gasteiger partial charge in [-0.05, 0) is 30.0 Å². The Morgan fingerprint density at radius 2 is 1.89 bits per heavy atom. The Morgan fingerprint density at radius 3 is 2.63 bits per heavy atom. The molecule has 0 atom stereocenters. The lowest BCUT2D eigenvalue weighted by atomic mass is 10.0. The second-order valence-corrected chi connectivity index (χ2v) is 5.53. The number of carboxylic acids is 1. The molecule has 3 heteroatoms. The molecule has 1 aromatic heterocycles. The van der Waals surface area contributed by atoms with Gasteiger partial charge in [0.1, 0.15) is 0 Å². The maximum Gasteiger partial charge on any atom is 0.336 e. The summed E-state index contributed by atoms with van der Waals surface area (Å²) in [6.07, 6.45) is 0. The molecule has 0 saturated heterocycles. The first-order chi connectivity index (χ1) is 9.16. The van der Waals surface area contributed by atoms with Crippen LogP contribution in [0.15, 0.2) is 48.5 Å². The van der Waals surface area contributed by atoms with Crippen molar-refractivity contribution in [2.75, 3.05) is 0 Å². The third-order valence-corrected chi connectivity index (χ3v) is 4.33. The van der Waals surface area contributed by atoms with Crippen molar-refractivity contribution >= 4 is 27.4 Å². The molecule has 0 radical (unpaired) electrons. The summed E-state index contributed by atoms with van der Waals surface area (Å²) in [6.45, 7) is 1.83. The number of carboxylic acid groups (broad SMARTS) is 1. The molecule has 0 aliphatic carbocycles. The van der Waals surface area contributed by atoms with Gasteiger partial charge in [0.15, 0.2) is 0 Å². The number of rotatable bonds is 2. The molecule has 1 heterocycles. The Kier molecular flexibility index (Phi) is 2.84. The summed E-state index contributed by atoms with van der Waals surface area (Å²) in [6, 6.07) is 15.8. The van der Waals surface area contributed by atoms with E-state index in [4.69, 9.17) is 0 Å². The monoisotopic (exact) mass is 268 g/mol. The molecule has 0 unspecified atom stereocenters. The fourth-order valence-corrected chi connectivity index (χ4v) is 3.37. The lowest BCUT2D eigenvalue weighted by Crippen LogP contribution is -2.01. The first kappa shape index (κ1) is 11.9. The van der Waals surface area contributed by atoms with E-state index in [0.29, 0.717) is 5.56 Å². The highest BCUT2D eigenvalue weighted by Crippen LogP contribution is 2.35. The standard InChI is InChI=1S/C16H12O2S/c1-10-5-4-7-12(15(10)16(17)18)14-9-11-6-2-3-8-13(11)19-14/h2-9H,1H3,(H,17,18). The van der Waals surface area contributed by atoms with E-state index < -0.39 is 5.97 Å². The molecule has 3 rings (SSSR count). The predicted octanol–water partition coefficient (Wildman–Crippen LogP) is 4.57. The molecule has 0 amide bonds. The lowest BCUT2D eigenvalue weighted by molar-refractivity contribution is 0.0697. The van der Waals surface area contributed by atoms with E-state index in [1.54, 1.807) is 11.3 Å². The maximum absolute atomic E-state index is 11.4. The van der Waals surface area contributed by atoms with E-state index >= 15 is 0 Å². The number of fused-ring (bicyclic) bond motifs is 1. The molecule has 19 heavy (non-hydrogen) atoms. The lowest BCUT2D eigenvalue weighted by Gasteiger charge is -2.06. The average molecular weight is 268 g/mol. The van der Waals surface area contributed by atoms with Crippen LogP contribution in [0.1, 0.15) is 15.9 Å². The molecule has 0 aliphatic heterocycles. The summed E-state index contributed by atoms with van der Waals surface area (Å²) in [7, 11) is 0. The molecule has 0 aliphatic rings. The zero-order valence-corrected chi connectivity index (χ0v) is 11.2. The second kappa shape index (κ2) is 4.52. The van der Waals surface area contributed by atoms with Crippen molar-refractivity contribution in [3.8, 4) is 10.4 Å². The number of benzene rings is 2. The molecule has 2 nitrogen and oxygen atoms in total. The molecule has 1 N–H and O–H groups in total. The van der Waals surface area contributed by atoms with Crippen LogP contribution >= 0.6 is 11.3 Å². The summed E-state index contributed by atoms with van der Waals surface area (Å²) >= 11 is 1.63. The van der Waals surface area contributed by atoms with Crippen molar-refractivity contribution in [3.63, 3.8) is 0 Å². The maximum atomic E-state index is 11.4. The summed E-state index contributed by atoms with van der Waals surface area (Å²) in [5.74, 6) is -0.870. The van der Waals surface area contributed by atoms with Crippen molar-refractivity contribution < 1.29 is 9.90 Å². The molecular formula is C16H12O2S. The van der Waals surface area contributed by atoms with Crippen LogP contribution in [-0.4, -0.2) is 11.1 Å². The second-order valence-electron chi connectivity index (χ2n) is 4.45. The van der Waals surface area contributed by atoms with Gasteiger partial charge in [-0.2, -0.15) is 0 Å². The van der Waals surface area contributed by atoms with Crippen LogP contribution < -0.4 is 0 Å². The largest absolute Gasteiger partial charge is 0.478 e. The Balaban J connectivity index is 2.27. The van der Waals surface area contributed by atoms with Crippen molar-refractivity contribution in [1.29, 1.82) is 0 Å². The molecule has 2 aromatic carbocycles. The molecule has 3 aromatic rings. The minimum atomic E-state index is -0.870. The summed E-state index contributed by atoms with van der Waals surface area (Å²) in [5.41, 5.74) is 1.99. The first-order valence-electron chi connectivity index (χ1n) is 5.98. The SMILES string of the molecule is Cc1cccc(-c2cc3ccccc3s2)c1C(=O)O. The van der Waals surface area contributed by atoms with E-state index in [0.717, 1.165) is 21.4 Å². The number of carbonyl (C=O) groups is 1. The summed E-state index contributed by atoms with van der Waals surface area (Å²) in [5, 5.41) is 10.5. The highest BCUT2D eigenvalue weighted by atomic mass is 32.1. The van der Waals surface area contributed by atoms with Gasteiger partial charge in [0.05, 0.1) is 5.56 Å². The van der Waals surface area contributed by atoms with Gasteiger partial charge in [0.25, 0.3) is 0 Å². The Bertz CT molecular complexity index is 738. The number of thiophene rings is 1. The molecule has 94 valence electrons. The summed E-state index contributed by atoms with van der Waals surface area (Å²) in [4.78, 5) is 12.4. The van der Waals surface area contributed by atoms with Crippen LogP contribution in [0.5, 0.6) is 0 Å². The molecule has 0 saturated carbocycles. The first-order valence-corrected chi connectivity index (χ1v) is 6.80. The Labute approximate surface area is 114 Å². The third-order valence-electron chi connectivity index (χ3n) is 3.18. The normalized spacial score (nSPS) is 10.8. The van der Waals surface area contributed by atoms with Crippen molar-refractivity contribution in [2.24, 2.45) is 0 Å². The van der Waals surface area contributed by atoms with E-state index in [1.165, 1.54) is 4.70 Å². The number of aromatic carboxylic acids is 1. The molecule has 0 spiro atoms. The highest BCUT2D eigenvalue weighted by Gasteiger charge is 2.15. The van der Waals surface area contributed by atoms with Gasteiger partial charge in [0.2, 0.25) is 0 Å². The van der Waals surface area contributed by atoms with Gasteiger partial charge in [-0.15, -0.1) is 11.3 Å². The predicted molar refractivity (Wildman–Crippen MR) is 79.0 cm³/mol.